The van der Waals surface area contributed by atoms with E-state index in [-0.39, 0.29) is 0 Å². The lowest BCUT2D eigenvalue weighted by atomic mass is 9.98. The van der Waals surface area contributed by atoms with Crippen LogP contribution in [0.3, 0.4) is 0 Å². The summed E-state index contributed by atoms with van der Waals surface area (Å²) in [4.78, 5) is 4.78. The monoisotopic (exact) mass is 282 g/mol. The molecule has 0 aromatic carbocycles. The molecule has 0 amide bonds. The van der Waals surface area contributed by atoms with Crippen molar-refractivity contribution in [2.45, 2.75) is 25.5 Å². The van der Waals surface area contributed by atoms with Crippen LogP contribution in [0.1, 0.15) is 13.3 Å². The van der Waals surface area contributed by atoms with Crippen LogP contribution in [-0.4, -0.2) is 60.0 Å². The van der Waals surface area contributed by atoms with Gasteiger partial charge in [-0.25, -0.2) is 0 Å². The van der Waals surface area contributed by atoms with Crippen molar-refractivity contribution in [3.05, 3.63) is 17.3 Å². The maximum Gasteiger partial charge on any atom is 0.151 e. The van der Waals surface area contributed by atoms with Crippen molar-refractivity contribution in [3.63, 3.8) is 0 Å². The maximum absolute atomic E-state index is 5.91. The van der Waals surface area contributed by atoms with Crippen molar-refractivity contribution in [3.8, 4) is 0 Å². The zero-order valence-corrected chi connectivity index (χ0v) is 11.9. The lowest BCUT2D eigenvalue weighted by molar-refractivity contribution is -0.0282. The summed E-state index contributed by atoms with van der Waals surface area (Å²) in [6.07, 6.45) is 1.41. The number of nitrogens with zero attached hydrogens (tertiary/aromatic N) is 4. The highest BCUT2D eigenvalue weighted by Crippen LogP contribution is 2.26. The normalized spacial score (nSPS) is 28.2. The molecule has 0 bridgehead atoms. The second-order valence-electron chi connectivity index (χ2n) is 5.07. The molecule has 0 unspecified atom stereocenters. The van der Waals surface area contributed by atoms with Crippen LogP contribution >= 0.6 is 11.6 Å². The Hall–Kier alpha value is -0.910. The third-order valence-corrected chi connectivity index (χ3v) is 4.23. The van der Waals surface area contributed by atoms with Gasteiger partial charge >= 0.3 is 0 Å². The summed E-state index contributed by atoms with van der Waals surface area (Å²) in [7, 11) is 0. The minimum Gasteiger partial charge on any atom is -0.374 e. The van der Waals surface area contributed by atoms with E-state index in [0.717, 1.165) is 45.0 Å². The van der Waals surface area contributed by atoms with Crippen LogP contribution in [0.2, 0.25) is 5.15 Å². The first-order valence-electron chi connectivity index (χ1n) is 6.87. The minimum absolute atomic E-state index is 0.314. The van der Waals surface area contributed by atoms with Gasteiger partial charge < -0.3 is 14.5 Å². The van der Waals surface area contributed by atoms with E-state index in [1.807, 2.05) is 6.07 Å². The van der Waals surface area contributed by atoms with Gasteiger partial charge in [0.25, 0.3) is 0 Å². The molecule has 0 aliphatic carbocycles. The van der Waals surface area contributed by atoms with Crippen LogP contribution in [0.15, 0.2) is 12.1 Å². The molecule has 2 saturated heterocycles. The molecule has 3 rings (SSSR count). The van der Waals surface area contributed by atoms with Gasteiger partial charge in [0.2, 0.25) is 0 Å². The molecule has 2 aliphatic heterocycles. The predicted molar refractivity (Wildman–Crippen MR) is 74.6 cm³/mol. The highest BCUT2D eigenvalue weighted by molar-refractivity contribution is 6.29. The first kappa shape index (κ1) is 13.1. The number of ether oxygens (including phenoxy) is 1. The number of anilines is 1. The fourth-order valence-electron chi connectivity index (χ4n) is 2.97. The molecule has 104 valence electrons. The van der Waals surface area contributed by atoms with Crippen molar-refractivity contribution >= 4 is 17.4 Å². The first-order chi connectivity index (χ1) is 9.28. The van der Waals surface area contributed by atoms with Gasteiger partial charge in [-0.3, -0.25) is 0 Å². The smallest absolute Gasteiger partial charge is 0.151 e. The fraction of sp³-hybridized carbons (Fsp3) is 0.692. The Kier molecular flexibility index (Phi) is 3.86. The van der Waals surface area contributed by atoms with E-state index in [1.165, 1.54) is 0 Å². The molecule has 2 fully saturated rings. The average Bonchev–Trinajstić information content (AvgIpc) is 2.47. The Balaban J connectivity index is 1.81. The number of hydrogen-bond acceptors (Lipinski definition) is 5. The topological polar surface area (TPSA) is 41.5 Å². The molecule has 1 aromatic heterocycles. The van der Waals surface area contributed by atoms with Gasteiger partial charge in [-0.1, -0.05) is 18.5 Å². The summed E-state index contributed by atoms with van der Waals surface area (Å²) in [6, 6.07) is 4.12. The zero-order chi connectivity index (χ0) is 13.2. The van der Waals surface area contributed by atoms with Crippen LogP contribution in [0.4, 0.5) is 5.82 Å². The number of fused-ring (bicyclic) bond motifs is 1. The maximum atomic E-state index is 5.91. The summed E-state index contributed by atoms with van der Waals surface area (Å²) in [5.41, 5.74) is 0. The Labute approximate surface area is 118 Å². The van der Waals surface area contributed by atoms with E-state index in [9.17, 15) is 0 Å². The Morgan fingerprint density at radius 3 is 3.00 bits per heavy atom. The van der Waals surface area contributed by atoms with E-state index in [1.54, 1.807) is 6.07 Å². The number of hydrogen-bond donors (Lipinski definition) is 0. The van der Waals surface area contributed by atoms with Crippen LogP contribution in [0.25, 0.3) is 0 Å². The van der Waals surface area contributed by atoms with Crippen LogP contribution in [-0.2, 0) is 4.74 Å². The number of halogens is 1. The van der Waals surface area contributed by atoms with Crippen LogP contribution < -0.4 is 4.90 Å². The van der Waals surface area contributed by atoms with E-state index < -0.39 is 0 Å². The summed E-state index contributed by atoms with van der Waals surface area (Å²) in [5, 5.41) is 8.60. The Morgan fingerprint density at radius 1 is 1.37 bits per heavy atom. The molecule has 19 heavy (non-hydrogen) atoms. The third kappa shape index (κ3) is 2.68. The van der Waals surface area contributed by atoms with E-state index in [2.05, 4.69) is 26.9 Å². The average molecular weight is 283 g/mol. The van der Waals surface area contributed by atoms with Gasteiger partial charge in [-0.05, 0) is 25.1 Å². The SMILES string of the molecule is CCN1CC[C@H]2OCCN(c3ccc(Cl)nn3)[C@@H]2C1. The summed E-state index contributed by atoms with van der Waals surface area (Å²) in [6.45, 7) is 7.08. The Bertz CT molecular complexity index is 427. The summed E-state index contributed by atoms with van der Waals surface area (Å²) in [5.74, 6) is 0.903. The number of rotatable bonds is 2. The van der Waals surface area contributed by atoms with Crippen molar-refractivity contribution in [2.75, 3.05) is 37.7 Å². The minimum atomic E-state index is 0.314. The third-order valence-electron chi connectivity index (χ3n) is 4.03. The second kappa shape index (κ2) is 5.61. The second-order valence-corrected chi connectivity index (χ2v) is 5.45. The van der Waals surface area contributed by atoms with Gasteiger partial charge in [-0.15, -0.1) is 10.2 Å². The molecular weight excluding hydrogens is 264 g/mol. The number of piperidine rings is 1. The van der Waals surface area contributed by atoms with Crippen LogP contribution in [0, 0.1) is 0 Å². The molecule has 0 radical (unpaired) electrons. The molecule has 0 spiro atoms. The predicted octanol–water partition coefficient (Wildman–Crippen LogP) is 1.43. The van der Waals surface area contributed by atoms with Crippen molar-refractivity contribution in [1.29, 1.82) is 0 Å². The number of likely N-dealkylation sites (N-methyl/N-ethyl adjacent to an activating group) is 1. The molecule has 2 aliphatic rings. The Morgan fingerprint density at radius 2 is 2.26 bits per heavy atom. The van der Waals surface area contributed by atoms with E-state index >= 15 is 0 Å². The van der Waals surface area contributed by atoms with Crippen molar-refractivity contribution in [1.82, 2.24) is 15.1 Å². The molecule has 2 atom stereocenters. The molecule has 0 N–H and O–H groups in total. The van der Waals surface area contributed by atoms with E-state index in [4.69, 9.17) is 16.3 Å². The largest absolute Gasteiger partial charge is 0.374 e. The van der Waals surface area contributed by atoms with Gasteiger partial charge in [0.05, 0.1) is 18.8 Å². The molecule has 6 heteroatoms. The lowest BCUT2D eigenvalue weighted by Crippen LogP contribution is -2.60. The zero-order valence-electron chi connectivity index (χ0n) is 11.1. The number of morpholine rings is 1. The lowest BCUT2D eigenvalue weighted by Gasteiger charge is -2.47. The highest BCUT2D eigenvalue weighted by Gasteiger charge is 2.37. The summed E-state index contributed by atoms with van der Waals surface area (Å²) < 4.78 is 5.91. The first-order valence-corrected chi connectivity index (χ1v) is 7.25. The highest BCUT2D eigenvalue weighted by atomic mass is 35.5. The molecule has 5 nitrogen and oxygen atoms in total. The van der Waals surface area contributed by atoms with Crippen molar-refractivity contribution in [2.24, 2.45) is 0 Å². The molecule has 0 saturated carbocycles. The van der Waals surface area contributed by atoms with Gasteiger partial charge in [0.1, 0.15) is 0 Å². The molecule has 1 aromatic rings. The van der Waals surface area contributed by atoms with Crippen molar-refractivity contribution < 1.29 is 4.74 Å². The fourth-order valence-corrected chi connectivity index (χ4v) is 3.07. The standard InChI is InChI=1S/C13H19ClN4O/c1-2-17-6-5-11-10(9-17)18(7-8-19-11)13-4-3-12(14)15-16-13/h3-4,10-11H,2,5-9H2,1H3/t10-,11-/m1/s1. The van der Waals surface area contributed by atoms with Gasteiger partial charge in [-0.2, -0.15) is 0 Å². The number of likely N-dealkylation sites (tertiary alicyclic amines) is 1. The van der Waals surface area contributed by atoms with E-state index in [0.29, 0.717) is 17.3 Å². The quantitative estimate of drug-likeness (QED) is 0.821. The van der Waals surface area contributed by atoms with Gasteiger partial charge in [0, 0.05) is 19.6 Å². The van der Waals surface area contributed by atoms with Gasteiger partial charge in [0.15, 0.2) is 11.0 Å². The number of aromatic nitrogens is 2. The van der Waals surface area contributed by atoms with Crippen LogP contribution in [0.5, 0.6) is 0 Å². The summed E-state index contributed by atoms with van der Waals surface area (Å²) >= 11 is 5.81. The molecule has 3 heterocycles. The molecular formula is C13H19ClN4O.